The predicted molar refractivity (Wildman–Crippen MR) is 87.1 cm³/mol. The topological polar surface area (TPSA) is 84.2 Å². The van der Waals surface area contributed by atoms with E-state index in [4.69, 9.17) is 17.3 Å². The lowest BCUT2D eigenvalue weighted by atomic mass is 10.1. The normalized spacial score (nSPS) is 10.0. The summed E-state index contributed by atoms with van der Waals surface area (Å²) in [5.41, 5.74) is 7.14. The first kappa shape index (κ1) is 15.9. The van der Waals surface area contributed by atoms with Gasteiger partial charge in [0.05, 0.1) is 0 Å². The molecule has 6 heteroatoms. The number of hydrogen-bond acceptors (Lipinski definition) is 2. The van der Waals surface area contributed by atoms with Crippen molar-refractivity contribution in [2.24, 2.45) is 5.73 Å². The summed E-state index contributed by atoms with van der Waals surface area (Å²) in [6, 6.07) is 13.4. The number of rotatable bonds is 5. The number of carbonyl (C=O) groups is 2. The molecule has 2 aromatic rings. The van der Waals surface area contributed by atoms with Gasteiger partial charge >= 0.3 is 6.03 Å². The Labute approximate surface area is 133 Å². The Morgan fingerprint density at radius 1 is 1.09 bits per heavy atom. The lowest BCUT2D eigenvalue weighted by Crippen LogP contribution is -2.25. The van der Waals surface area contributed by atoms with Gasteiger partial charge in [-0.15, -0.1) is 0 Å². The van der Waals surface area contributed by atoms with Crippen molar-refractivity contribution < 1.29 is 9.59 Å². The highest BCUT2D eigenvalue weighted by Gasteiger charge is 2.05. The third-order valence-electron chi connectivity index (χ3n) is 3.00. The molecular weight excluding hydrogens is 302 g/mol. The van der Waals surface area contributed by atoms with Crippen LogP contribution < -0.4 is 16.4 Å². The van der Waals surface area contributed by atoms with Gasteiger partial charge in [-0.1, -0.05) is 23.7 Å². The maximum absolute atomic E-state index is 12.0. The number of halogens is 1. The molecule has 22 heavy (non-hydrogen) atoms. The van der Waals surface area contributed by atoms with Gasteiger partial charge in [-0.2, -0.15) is 0 Å². The van der Waals surface area contributed by atoms with Gasteiger partial charge in [0.25, 0.3) is 5.91 Å². The van der Waals surface area contributed by atoms with Crippen LogP contribution in [0.3, 0.4) is 0 Å². The van der Waals surface area contributed by atoms with E-state index < -0.39 is 6.03 Å². The van der Waals surface area contributed by atoms with Gasteiger partial charge in [0.1, 0.15) is 0 Å². The Kier molecular flexibility index (Phi) is 5.38. The largest absolute Gasteiger partial charge is 0.352 e. The molecule has 0 aromatic heterocycles. The molecule has 2 rings (SSSR count). The lowest BCUT2D eigenvalue weighted by Gasteiger charge is -2.07. The number of amides is 3. The number of urea groups is 1. The van der Waals surface area contributed by atoms with Crippen LogP contribution in [-0.4, -0.2) is 18.5 Å². The summed E-state index contributed by atoms with van der Waals surface area (Å²) in [6.45, 7) is 0.514. The first-order valence-corrected chi connectivity index (χ1v) is 7.11. The van der Waals surface area contributed by atoms with Crippen molar-refractivity contribution in [1.29, 1.82) is 0 Å². The molecule has 0 fully saturated rings. The smallest absolute Gasteiger partial charge is 0.316 e. The number of primary amides is 1. The first-order chi connectivity index (χ1) is 10.5. The molecule has 0 saturated carbocycles. The second kappa shape index (κ2) is 7.47. The van der Waals surface area contributed by atoms with Gasteiger partial charge < -0.3 is 16.4 Å². The molecule has 0 radical (unpaired) electrons. The fourth-order valence-corrected chi connectivity index (χ4v) is 2.17. The molecule has 0 atom stereocenters. The molecule has 3 amide bonds. The van der Waals surface area contributed by atoms with E-state index in [1.807, 2.05) is 24.3 Å². The van der Waals surface area contributed by atoms with Gasteiger partial charge in [0, 0.05) is 22.8 Å². The highest BCUT2D eigenvalue weighted by molar-refractivity contribution is 6.30. The van der Waals surface area contributed by atoms with Gasteiger partial charge in [0.15, 0.2) is 0 Å². The van der Waals surface area contributed by atoms with Crippen LogP contribution in [-0.2, 0) is 6.42 Å². The molecule has 114 valence electrons. The molecule has 0 unspecified atom stereocenters. The summed E-state index contributed by atoms with van der Waals surface area (Å²) >= 11 is 5.91. The molecular formula is C16H16ClN3O2. The summed E-state index contributed by atoms with van der Waals surface area (Å²) in [5, 5.41) is 5.95. The molecule has 0 bridgehead atoms. The third-order valence-corrected chi connectivity index (χ3v) is 3.24. The molecule has 4 N–H and O–H groups in total. The van der Waals surface area contributed by atoms with Crippen LogP contribution in [0.5, 0.6) is 0 Å². The molecule has 0 saturated heterocycles. The van der Waals surface area contributed by atoms with Crippen LogP contribution in [0.15, 0.2) is 48.5 Å². The van der Waals surface area contributed by atoms with Crippen LogP contribution in [0.4, 0.5) is 10.5 Å². The Hall–Kier alpha value is -2.53. The molecule has 0 heterocycles. The summed E-state index contributed by atoms with van der Waals surface area (Å²) in [5.74, 6) is -0.173. The van der Waals surface area contributed by atoms with E-state index in [9.17, 15) is 9.59 Å². The van der Waals surface area contributed by atoms with E-state index in [-0.39, 0.29) is 5.91 Å². The maximum atomic E-state index is 12.0. The fourth-order valence-electron chi connectivity index (χ4n) is 1.96. The fraction of sp³-hybridized carbons (Fsp3) is 0.125. The van der Waals surface area contributed by atoms with Gasteiger partial charge in [-0.3, -0.25) is 4.79 Å². The zero-order valence-electron chi connectivity index (χ0n) is 11.8. The average molecular weight is 318 g/mol. The number of benzene rings is 2. The highest BCUT2D eigenvalue weighted by Crippen LogP contribution is 2.11. The third kappa shape index (κ3) is 4.79. The van der Waals surface area contributed by atoms with Crippen molar-refractivity contribution in [3.8, 4) is 0 Å². The monoisotopic (exact) mass is 317 g/mol. The molecule has 0 aliphatic carbocycles. The van der Waals surface area contributed by atoms with Crippen molar-refractivity contribution in [2.45, 2.75) is 6.42 Å². The van der Waals surface area contributed by atoms with Gasteiger partial charge in [-0.25, -0.2) is 4.79 Å². The first-order valence-electron chi connectivity index (χ1n) is 6.74. The Morgan fingerprint density at radius 3 is 2.45 bits per heavy atom. The molecule has 5 nitrogen and oxygen atoms in total. The minimum atomic E-state index is -0.640. The van der Waals surface area contributed by atoms with E-state index in [2.05, 4.69) is 10.6 Å². The van der Waals surface area contributed by atoms with E-state index in [0.29, 0.717) is 29.2 Å². The van der Waals surface area contributed by atoms with E-state index in [1.54, 1.807) is 24.3 Å². The summed E-state index contributed by atoms with van der Waals surface area (Å²) in [6.07, 6.45) is 0.702. The predicted octanol–water partition coefficient (Wildman–Crippen LogP) is 2.80. The van der Waals surface area contributed by atoms with Crippen molar-refractivity contribution in [2.75, 3.05) is 11.9 Å². The zero-order chi connectivity index (χ0) is 15.9. The van der Waals surface area contributed by atoms with Gasteiger partial charge in [-0.05, 0) is 48.4 Å². The highest BCUT2D eigenvalue weighted by atomic mass is 35.5. The lowest BCUT2D eigenvalue weighted by molar-refractivity contribution is 0.0954. The van der Waals surface area contributed by atoms with Crippen LogP contribution >= 0.6 is 11.6 Å². The number of carbonyl (C=O) groups excluding carboxylic acids is 2. The van der Waals surface area contributed by atoms with Crippen LogP contribution in [0.2, 0.25) is 5.02 Å². The van der Waals surface area contributed by atoms with E-state index >= 15 is 0 Å². The Bertz CT molecular complexity index is 671. The minimum absolute atomic E-state index is 0.173. The maximum Gasteiger partial charge on any atom is 0.316 e. The van der Waals surface area contributed by atoms with Crippen molar-refractivity contribution >= 4 is 29.2 Å². The summed E-state index contributed by atoms with van der Waals surface area (Å²) in [4.78, 5) is 22.7. The molecule has 0 aliphatic heterocycles. The number of anilines is 1. The Balaban J connectivity index is 1.85. The SMILES string of the molecule is NC(=O)Nc1ccc(C(=O)NCCc2cccc(Cl)c2)cc1. The van der Waals surface area contributed by atoms with E-state index in [0.717, 1.165) is 5.56 Å². The summed E-state index contributed by atoms with van der Waals surface area (Å²) < 4.78 is 0. The van der Waals surface area contributed by atoms with Crippen molar-refractivity contribution in [3.63, 3.8) is 0 Å². The zero-order valence-corrected chi connectivity index (χ0v) is 12.6. The second-order valence-corrected chi connectivity index (χ2v) is 5.14. The van der Waals surface area contributed by atoms with Crippen LogP contribution in [0.1, 0.15) is 15.9 Å². The molecule has 0 aliphatic rings. The quantitative estimate of drug-likeness (QED) is 0.792. The van der Waals surface area contributed by atoms with Crippen molar-refractivity contribution in [3.05, 3.63) is 64.7 Å². The second-order valence-electron chi connectivity index (χ2n) is 4.70. The van der Waals surface area contributed by atoms with Crippen LogP contribution in [0, 0.1) is 0 Å². The van der Waals surface area contributed by atoms with E-state index in [1.165, 1.54) is 0 Å². The number of nitrogens with one attached hydrogen (secondary N) is 2. The average Bonchev–Trinajstić information content (AvgIpc) is 2.47. The number of nitrogens with two attached hydrogens (primary N) is 1. The van der Waals surface area contributed by atoms with Crippen molar-refractivity contribution in [1.82, 2.24) is 5.32 Å². The molecule has 2 aromatic carbocycles. The number of hydrogen-bond donors (Lipinski definition) is 3. The standard InChI is InChI=1S/C16H16ClN3O2/c17-13-3-1-2-11(10-13)8-9-19-15(21)12-4-6-14(7-5-12)20-16(18)22/h1-7,10H,8-9H2,(H,19,21)(H3,18,20,22). The van der Waals surface area contributed by atoms with Crippen LogP contribution in [0.25, 0.3) is 0 Å². The molecule has 0 spiro atoms. The van der Waals surface area contributed by atoms with Gasteiger partial charge in [0.2, 0.25) is 0 Å². The Morgan fingerprint density at radius 2 is 1.82 bits per heavy atom. The summed E-state index contributed by atoms with van der Waals surface area (Å²) in [7, 11) is 0. The minimum Gasteiger partial charge on any atom is -0.352 e.